The van der Waals surface area contributed by atoms with Gasteiger partial charge in [-0.05, 0) is 24.3 Å². The van der Waals surface area contributed by atoms with E-state index in [1.54, 1.807) is 6.20 Å². The Morgan fingerprint density at radius 1 is 1.35 bits per heavy atom. The van der Waals surface area contributed by atoms with Crippen molar-refractivity contribution in [2.45, 2.75) is 0 Å². The topological polar surface area (TPSA) is 52.1 Å². The van der Waals surface area contributed by atoms with Crippen LogP contribution in [0, 0.1) is 0 Å². The minimum Gasteiger partial charge on any atom is -0.465 e. The second-order valence-electron chi connectivity index (χ2n) is 4.04. The number of ether oxygens (including phenoxy) is 1. The summed E-state index contributed by atoms with van der Waals surface area (Å²) in [6.07, 6.45) is 1.75. The van der Waals surface area contributed by atoms with E-state index in [4.69, 9.17) is 11.6 Å². The van der Waals surface area contributed by atoms with Crippen LogP contribution in [0.4, 0.5) is 0 Å². The second kappa shape index (κ2) is 5.19. The molecule has 0 N–H and O–H groups in total. The lowest BCUT2D eigenvalue weighted by molar-refractivity contribution is 0.0606. The lowest BCUT2D eigenvalue weighted by Gasteiger charge is -1.99. The van der Waals surface area contributed by atoms with Gasteiger partial charge in [-0.2, -0.15) is 0 Å². The number of methoxy groups -OCH3 is 1. The summed E-state index contributed by atoms with van der Waals surface area (Å²) in [5.41, 5.74) is 1.81. The quantitative estimate of drug-likeness (QED) is 0.676. The summed E-state index contributed by atoms with van der Waals surface area (Å²) < 4.78 is 4.67. The number of hydrogen-bond acceptors (Lipinski definition) is 5. The summed E-state index contributed by atoms with van der Waals surface area (Å²) in [6.45, 7) is 0. The number of benzene rings is 1. The summed E-state index contributed by atoms with van der Waals surface area (Å²) >= 11 is 7.19. The van der Waals surface area contributed by atoms with Crippen molar-refractivity contribution >= 4 is 39.8 Å². The molecule has 2 aromatic heterocycles. The van der Waals surface area contributed by atoms with E-state index < -0.39 is 5.97 Å². The van der Waals surface area contributed by atoms with Crippen LogP contribution in [0.5, 0.6) is 0 Å². The van der Waals surface area contributed by atoms with Crippen LogP contribution in [0.2, 0.25) is 5.15 Å². The Hall–Kier alpha value is -1.98. The number of aromatic nitrogens is 2. The fourth-order valence-electron chi connectivity index (χ4n) is 1.85. The number of halogens is 1. The normalized spacial score (nSPS) is 10.7. The predicted octanol–water partition coefficient (Wildman–Crippen LogP) is 3.80. The van der Waals surface area contributed by atoms with Gasteiger partial charge in [0.15, 0.2) is 10.0 Å². The fraction of sp³-hybridized carbons (Fsp3) is 0.0714. The molecule has 2 heterocycles. The minimum atomic E-state index is -0.471. The number of nitrogens with zero attached hydrogens (tertiary/aromatic N) is 2. The standard InChI is InChI=1S/C14H9ClN2O2S/c1-19-14(18)11-12(15)17-13(20-11)9-4-5-10-8(7-9)3-2-6-16-10/h2-7H,1H3. The average Bonchev–Trinajstić information content (AvgIpc) is 2.88. The zero-order valence-electron chi connectivity index (χ0n) is 10.5. The summed E-state index contributed by atoms with van der Waals surface area (Å²) in [5.74, 6) is -0.471. The summed E-state index contributed by atoms with van der Waals surface area (Å²) in [6, 6.07) is 9.64. The van der Waals surface area contributed by atoms with Gasteiger partial charge in [0.25, 0.3) is 0 Å². The molecular formula is C14H9ClN2O2S. The lowest BCUT2D eigenvalue weighted by atomic mass is 10.1. The molecule has 0 fully saturated rings. The largest absolute Gasteiger partial charge is 0.465 e. The Labute approximate surface area is 124 Å². The third kappa shape index (κ3) is 2.26. The van der Waals surface area contributed by atoms with Crippen molar-refractivity contribution in [3.05, 3.63) is 46.6 Å². The van der Waals surface area contributed by atoms with Gasteiger partial charge in [0, 0.05) is 17.1 Å². The van der Waals surface area contributed by atoms with Crippen LogP contribution in [0.3, 0.4) is 0 Å². The molecule has 6 heteroatoms. The number of esters is 1. The molecule has 0 bridgehead atoms. The molecule has 0 aliphatic rings. The molecule has 4 nitrogen and oxygen atoms in total. The van der Waals surface area contributed by atoms with Crippen molar-refractivity contribution in [2.24, 2.45) is 0 Å². The van der Waals surface area contributed by atoms with E-state index in [2.05, 4.69) is 14.7 Å². The van der Waals surface area contributed by atoms with Crippen molar-refractivity contribution in [3.8, 4) is 10.6 Å². The van der Waals surface area contributed by atoms with Gasteiger partial charge in [-0.3, -0.25) is 4.98 Å². The number of carbonyl (C=O) groups excluding carboxylic acids is 1. The van der Waals surface area contributed by atoms with Crippen LogP contribution in [0.15, 0.2) is 36.5 Å². The SMILES string of the molecule is COC(=O)c1sc(-c2ccc3ncccc3c2)nc1Cl. The molecule has 100 valence electrons. The number of hydrogen-bond donors (Lipinski definition) is 0. The Morgan fingerprint density at radius 3 is 3.00 bits per heavy atom. The maximum absolute atomic E-state index is 11.5. The van der Waals surface area contributed by atoms with E-state index in [1.807, 2.05) is 30.3 Å². The van der Waals surface area contributed by atoms with E-state index in [9.17, 15) is 4.79 Å². The van der Waals surface area contributed by atoms with Gasteiger partial charge >= 0.3 is 5.97 Å². The molecule has 0 radical (unpaired) electrons. The average molecular weight is 305 g/mol. The van der Waals surface area contributed by atoms with Gasteiger partial charge in [0.1, 0.15) is 5.01 Å². The second-order valence-corrected chi connectivity index (χ2v) is 5.40. The number of fused-ring (bicyclic) bond motifs is 1. The van der Waals surface area contributed by atoms with Crippen molar-refractivity contribution in [3.63, 3.8) is 0 Å². The van der Waals surface area contributed by atoms with Crippen LogP contribution in [-0.4, -0.2) is 23.0 Å². The molecule has 0 unspecified atom stereocenters. The van der Waals surface area contributed by atoms with Crippen LogP contribution in [0.1, 0.15) is 9.67 Å². The number of thiazole rings is 1. The molecule has 1 aromatic carbocycles. The van der Waals surface area contributed by atoms with E-state index >= 15 is 0 Å². The Morgan fingerprint density at radius 2 is 2.20 bits per heavy atom. The van der Waals surface area contributed by atoms with Crippen molar-refractivity contribution in [1.82, 2.24) is 9.97 Å². The highest BCUT2D eigenvalue weighted by molar-refractivity contribution is 7.17. The van der Waals surface area contributed by atoms with Gasteiger partial charge in [0.05, 0.1) is 12.6 Å². The van der Waals surface area contributed by atoms with Gasteiger partial charge in [-0.15, -0.1) is 11.3 Å². The van der Waals surface area contributed by atoms with Crippen LogP contribution >= 0.6 is 22.9 Å². The smallest absolute Gasteiger partial charge is 0.351 e. The first-order valence-electron chi connectivity index (χ1n) is 5.79. The van der Waals surface area contributed by atoms with Gasteiger partial charge < -0.3 is 4.74 Å². The molecule has 0 aliphatic heterocycles. The van der Waals surface area contributed by atoms with Crippen molar-refractivity contribution in [1.29, 1.82) is 0 Å². The molecule has 0 spiro atoms. The molecule has 0 aliphatic carbocycles. The van der Waals surface area contributed by atoms with Crippen molar-refractivity contribution in [2.75, 3.05) is 7.11 Å². The Balaban J connectivity index is 2.09. The molecular weight excluding hydrogens is 296 g/mol. The van der Waals surface area contributed by atoms with Crippen molar-refractivity contribution < 1.29 is 9.53 Å². The predicted molar refractivity (Wildman–Crippen MR) is 79.2 cm³/mol. The first-order chi connectivity index (χ1) is 9.69. The fourth-order valence-corrected chi connectivity index (χ4v) is 3.05. The van der Waals surface area contributed by atoms with Gasteiger partial charge in [0.2, 0.25) is 0 Å². The maximum atomic E-state index is 11.5. The molecule has 0 saturated carbocycles. The molecule has 3 rings (SSSR count). The molecule has 20 heavy (non-hydrogen) atoms. The number of carbonyl (C=O) groups is 1. The number of pyridine rings is 1. The van der Waals surface area contributed by atoms with Crippen LogP contribution in [-0.2, 0) is 4.74 Å². The summed E-state index contributed by atoms with van der Waals surface area (Å²) in [7, 11) is 1.32. The third-order valence-corrected chi connectivity index (χ3v) is 4.28. The van der Waals surface area contributed by atoms with Crippen LogP contribution < -0.4 is 0 Å². The molecule has 0 saturated heterocycles. The zero-order chi connectivity index (χ0) is 14.1. The first-order valence-corrected chi connectivity index (χ1v) is 6.98. The first kappa shape index (κ1) is 13.0. The third-order valence-electron chi connectivity index (χ3n) is 2.81. The van der Waals surface area contributed by atoms with E-state index in [0.717, 1.165) is 16.5 Å². The highest BCUT2D eigenvalue weighted by Gasteiger charge is 2.18. The number of rotatable bonds is 2. The highest BCUT2D eigenvalue weighted by Crippen LogP contribution is 2.32. The molecule has 0 atom stereocenters. The Kier molecular flexibility index (Phi) is 3.38. The zero-order valence-corrected chi connectivity index (χ0v) is 12.0. The Bertz CT molecular complexity index is 801. The van der Waals surface area contributed by atoms with E-state index in [1.165, 1.54) is 18.4 Å². The maximum Gasteiger partial charge on any atom is 0.351 e. The summed E-state index contributed by atoms with van der Waals surface area (Å²) in [4.78, 5) is 20.3. The van der Waals surface area contributed by atoms with E-state index in [-0.39, 0.29) is 5.15 Å². The van der Waals surface area contributed by atoms with E-state index in [0.29, 0.717) is 9.88 Å². The summed E-state index contributed by atoms with van der Waals surface area (Å²) in [5, 5.41) is 1.86. The van der Waals surface area contributed by atoms with Gasteiger partial charge in [-0.1, -0.05) is 17.7 Å². The molecule has 3 aromatic rings. The lowest BCUT2D eigenvalue weighted by Crippen LogP contribution is -1.98. The van der Waals surface area contributed by atoms with Gasteiger partial charge in [-0.25, -0.2) is 9.78 Å². The van der Waals surface area contributed by atoms with Crippen LogP contribution in [0.25, 0.3) is 21.5 Å². The minimum absolute atomic E-state index is 0.170. The highest BCUT2D eigenvalue weighted by atomic mass is 35.5. The molecule has 0 amide bonds. The monoisotopic (exact) mass is 304 g/mol.